The molecule has 0 radical (unpaired) electrons. The van der Waals surface area contributed by atoms with Crippen LogP contribution in [0.3, 0.4) is 0 Å². The number of amides is 1. The van der Waals surface area contributed by atoms with Crippen molar-refractivity contribution in [3.8, 4) is 10.4 Å². The van der Waals surface area contributed by atoms with Crippen LogP contribution < -0.4 is 10.7 Å². The molecular formula is C24H22ClFN2O4S. The lowest BCUT2D eigenvalue weighted by Gasteiger charge is -2.19. The number of nitrogens with one attached hydrogen (secondary N) is 1. The van der Waals surface area contributed by atoms with Crippen LogP contribution in [-0.2, 0) is 11.2 Å². The van der Waals surface area contributed by atoms with Gasteiger partial charge in [0.05, 0.1) is 38.8 Å². The maximum absolute atomic E-state index is 16.3. The molecule has 1 unspecified atom stereocenters. The van der Waals surface area contributed by atoms with Gasteiger partial charge in [0.25, 0.3) is 0 Å². The Morgan fingerprint density at radius 1 is 1.27 bits per heavy atom. The van der Waals surface area contributed by atoms with E-state index >= 15 is 4.39 Å². The SMILES string of the molecule is CC(=O)Nc1c(Cl)c(-c2cc3c(s2)C(O)CCC3)c(F)c2c1c(=O)c(C(C)=O)cn2C1CC1. The molecule has 0 aliphatic heterocycles. The Morgan fingerprint density at radius 3 is 2.61 bits per heavy atom. The molecule has 5 rings (SSSR count). The van der Waals surface area contributed by atoms with Crippen molar-refractivity contribution in [3.63, 3.8) is 0 Å². The van der Waals surface area contributed by atoms with E-state index in [1.807, 2.05) is 6.07 Å². The zero-order valence-electron chi connectivity index (χ0n) is 18.1. The number of fused-ring (bicyclic) bond motifs is 2. The number of Topliss-reactive ketones (excluding diaryl/α,β-unsaturated/α-hetero) is 1. The number of benzene rings is 1. The monoisotopic (exact) mass is 488 g/mol. The zero-order chi connectivity index (χ0) is 23.6. The third kappa shape index (κ3) is 3.61. The number of aliphatic hydroxyl groups is 1. The van der Waals surface area contributed by atoms with Crippen molar-refractivity contribution >= 4 is 51.2 Å². The number of nitrogens with zero attached hydrogens (tertiary/aromatic N) is 1. The lowest BCUT2D eigenvalue weighted by Crippen LogP contribution is -2.21. The Hall–Kier alpha value is -2.55. The molecule has 0 bridgehead atoms. The second-order valence-electron chi connectivity index (χ2n) is 8.76. The van der Waals surface area contributed by atoms with E-state index in [1.165, 1.54) is 31.4 Å². The molecule has 1 fully saturated rings. The molecule has 1 aromatic carbocycles. The van der Waals surface area contributed by atoms with Gasteiger partial charge in [0, 0.05) is 28.9 Å². The molecule has 0 spiro atoms. The van der Waals surface area contributed by atoms with Crippen molar-refractivity contribution < 1.29 is 19.1 Å². The van der Waals surface area contributed by atoms with Gasteiger partial charge >= 0.3 is 0 Å². The number of hydrogen-bond acceptors (Lipinski definition) is 5. The highest BCUT2D eigenvalue weighted by atomic mass is 35.5. The maximum Gasteiger partial charge on any atom is 0.221 e. The van der Waals surface area contributed by atoms with Gasteiger partial charge in [-0.2, -0.15) is 0 Å². The molecular weight excluding hydrogens is 467 g/mol. The Kier molecular flexibility index (Phi) is 5.42. The van der Waals surface area contributed by atoms with Crippen LogP contribution in [0.25, 0.3) is 21.3 Å². The minimum Gasteiger partial charge on any atom is -0.388 e. The van der Waals surface area contributed by atoms with Gasteiger partial charge in [-0.15, -0.1) is 11.3 Å². The predicted molar refractivity (Wildman–Crippen MR) is 127 cm³/mol. The van der Waals surface area contributed by atoms with Gasteiger partial charge in [0.15, 0.2) is 11.6 Å². The first-order valence-corrected chi connectivity index (χ1v) is 12.1. The Balaban J connectivity index is 1.90. The van der Waals surface area contributed by atoms with E-state index in [2.05, 4.69) is 5.32 Å². The number of aromatic nitrogens is 1. The number of anilines is 1. The highest BCUT2D eigenvalue weighted by molar-refractivity contribution is 7.15. The van der Waals surface area contributed by atoms with Gasteiger partial charge < -0.3 is 15.0 Å². The van der Waals surface area contributed by atoms with Gasteiger partial charge in [0.2, 0.25) is 11.3 Å². The third-order valence-electron chi connectivity index (χ3n) is 6.29. The smallest absolute Gasteiger partial charge is 0.221 e. The van der Waals surface area contributed by atoms with Crippen LogP contribution in [0.4, 0.5) is 10.1 Å². The van der Waals surface area contributed by atoms with E-state index in [-0.39, 0.29) is 38.8 Å². The van der Waals surface area contributed by atoms with Crippen LogP contribution >= 0.6 is 22.9 Å². The van der Waals surface area contributed by atoms with E-state index in [0.29, 0.717) is 11.3 Å². The largest absolute Gasteiger partial charge is 0.388 e. The summed E-state index contributed by atoms with van der Waals surface area (Å²) in [5, 5.41) is 12.8. The number of pyridine rings is 1. The van der Waals surface area contributed by atoms with Gasteiger partial charge in [-0.05, 0) is 50.7 Å². The summed E-state index contributed by atoms with van der Waals surface area (Å²) < 4.78 is 17.9. The highest BCUT2D eigenvalue weighted by Gasteiger charge is 2.33. The van der Waals surface area contributed by atoms with E-state index < -0.39 is 29.0 Å². The van der Waals surface area contributed by atoms with Crippen molar-refractivity contribution in [1.82, 2.24) is 4.57 Å². The summed E-state index contributed by atoms with van der Waals surface area (Å²) in [6.07, 6.45) is 4.67. The first-order valence-electron chi connectivity index (χ1n) is 10.9. The molecule has 2 N–H and O–H groups in total. The van der Waals surface area contributed by atoms with Crippen LogP contribution in [-0.4, -0.2) is 21.4 Å². The average molecular weight is 489 g/mol. The van der Waals surface area contributed by atoms with Crippen LogP contribution in [0.5, 0.6) is 0 Å². The lowest BCUT2D eigenvalue weighted by molar-refractivity contribution is -0.114. The number of rotatable bonds is 4. The molecule has 9 heteroatoms. The van der Waals surface area contributed by atoms with Crippen LogP contribution in [0.1, 0.15) is 72.5 Å². The molecule has 6 nitrogen and oxygen atoms in total. The molecule has 2 aromatic heterocycles. The third-order valence-corrected chi connectivity index (χ3v) is 7.96. The molecule has 2 aliphatic rings. The summed E-state index contributed by atoms with van der Waals surface area (Å²) in [4.78, 5) is 38.8. The molecule has 2 heterocycles. The van der Waals surface area contributed by atoms with Crippen LogP contribution in [0.2, 0.25) is 5.02 Å². The fraction of sp³-hybridized carbons (Fsp3) is 0.375. The number of halogens is 2. The summed E-state index contributed by atoms with van der Waals surface area (Å²) in [6, 6.07) is 1.79. The fourth-order valence-corrected chi connectivity index (χ4v) is 6.26. The van der Waals surface area contributed by atoms with E-state index in [1.54, 1.807) is 4.57 Å². The molecule has 0 saturated heterocycles. The highest BCUT2D eigenvalue weighted by Crippen LogP contribution is 2.48. The Morgan fingerprint density at radius 2 is 2.00 bits per heavy atom. The quantitative estimate of drug-likeness (QED) is 0.482. The summed E-state index contributed by atoms with van der Waals surface area (Å²) >= 11 is 7.95. The van der Waals surface area contributed by atoms with Gasteiger partial charge in [-0.25, -0.2) is 4.39 Å². The lowest BCUT2D eigenvalue weighted by atomic mass is 9.96. The van der Waals surface area contributed by atoms with Crippen LogP contribution in [0.15, 0.2) is 17.1 Å². The number of hydrogen-bond donors (Lipinski definition) is 2. The molecule has 1 atom stereocenters. The molecule has 1 saturated carbocycles. The van der Waals surface area contributed by atoms with E-state index in [9.17, 15) is 19.5 Å². The molecule has 33 heavy (non-hydrogen) atoms. The van der Waals surface area contributed by atoms with Gasteiger partial charge in [-0.3, -0.25) is 14.4 Å². The minimum atomic E-state index is -0.670. The standard InChI is InChI=1S/C24H22ClFN2O4S/c1-10(29)14-9-28(13-6-7-13)22-18(23(14)32)21(27-11(2)30)19(25)17(20(22)26)16-8-12-4-3-5-15(31)24(12)33-16/h8-9,13,15,31H,3-7H2,1-2H3,(H,27,30). The molecule has 1 amide bonds. The second-order valence-corrected chi connectivity index (χ2v) is 10.2. The molecule has 172 valence electrons. The predicted octanol–water partition coefficient (Wildman–Crippen LogP) is 5.39. The van der Waals surface area contributed by atoms with Crippen molar-refractivity contribution in [2.75, 3.05) is 5.32 Å². The van der Waals surface area contributed by atoms with Gasteiger partial charge in [-0.1, -0.05) is 11.6 Å². The summed E-state index contributed by atoms with van der Waals surface area (Å²) in [5.74, 6) is -1.58. The number of ketones is 1. The number of carbonyl (C=O) groups is 2. The van der Waals surface area contributed by atoms with Crippen molar-refractivity contribution in [2.45, 2.75) is 58.1 Å². The topological polar surface area (TPSA) is 88.4 Å². The number of carbonyl (C=O) groups excluding carboxylic acids is 2. The van der Waals surface area contributed by atoms with E-state index in [4.69, 9.17) is 11.6 Å². The summed E-state index contributed by atoms with van der Waals surface area (Å²) in [5.41, 5.74) is 0.346. The Bertz CT molecular complexity index is 1410. The number of aliphatic hydroxyl groups excluding tert-OH is 1. The van der Waals surface area contributed by atoms with Crippen molar-refractivity contribution in [1.29, 1.82) is 0 Å². The zero-order valence-corrected chi connectivity index (χ0v) is 19.7. The minimum absolute atomic E-state index is 0.00462. The average Bonchev–Trinajstić information content (AvgIpc) is 3.50. The van der Waals surface area contributed by atoms with Crippen molar-refractivity contribution in [2.24, 2.45) is 0 Å². The number of thiophene rings is 1. The summed E-state index contributed by atoms with van der Waals surface area (Å²) in [7, 11) is 0. The maximum atomic E-state index is 16.3. The van der Waals surface area contributed by atoms with Crippen molar-refractivity contribution in [3.05, 3.63) is 49.3 Å². The normalized spacial score (nSPS) is 17.8. The summed E-state index contributed by atoms with van der Waals surface area (Å²) in [6.45, 7) is 2.56. The first kappa shape index (κ1) is 22.3. The first-order chi connectivity index (χ1) is 15.7. The second kappa shape index (κ2) is 8.04. The van der Waals surface area contributed by atoms with E-state index in [0.717, 1.165) is 36.1 Å². The number of aryl methyl sites for hydroxylation is 1. The molecule has 3 aromatic rings. The van der Waals surface area contributed by atoms with Gasteiger partial charge in [0.1, 0.15) is 0 Å². The van der Waals surface area contributed by atoms with Crippen LogP contribution in [0, 0.1) is 5.82 Å². The Labute approximate surface area is 198 Å². The molecule has 2 aliphatic carbocycles. The fourth-order valence-electron chi connectivity index (χ4n) is 4.60.